The lowest BCUT2D eigenvalue weighted by Gasteiger charge is -2.11. The third kappa shape index (κ3) is 2.71. The van der Waals surface area contributed by atoms with E-state index in [9.17, 15) is 0 Å². The first kappa shape index (κ1) is 13.2. The first-order valence-electron chi connectivity index (χ1n) is 7.07. The molecule has 2 heterocycles. The van der Waals surface area contributed by atoms with Crippen molar-refractivity contribution in [2.75, 3.05) is 20.1 Å². The molecule has 0 aliphatic carbocycles. The maximum Gasteiger partial charge on any atom is 0.159 e. The van der Waals surface area contributed by atoms with Crippen molar-refractivity contribution >= 4 is 0 Å². The summed E-state index contributed by atoms with van der Waals surface area (Å²) in [5.41, 5.74) is 8.96. The fourth-order valence-corrected chi connectivity index (χ4v) is 2.71. The molecule has 3 rings (SSSR count). The second kappa shape index (κ2) is 5.69. The largest absolute Gasteiger partial charge is 0.326 e. The Kier molecular flexibility index (Phi) is 3.76. The second-order valence-electron chi connectivity index (χ2n) is 5.45. The second-order valence-corrected chi connectivity index (χ2v) is 5.45. The highest BCUT2D eigenvalue weighted by atomic mass is 15.1. The number of nitrogens with two attached hydrogens (primary N) is 1. The number of likely N-dealkylation sites (tertiary alicyclic amines) is 1. The van der Waals surface area contributed by atoms with Gasteiger partial charge in [0.1, 0.15) is 0 Å². The first-order chi connectivity index (χ1) is 9.76. The molecule has 104 valence electrons. The Morgan fingerprint density at radius 1 is 1.25 bits per heavy atom. The molecular formula is C16H20N4. The monoisotopic (exact) mass is 268 g/mol. The fourth-order valence-electron chi connectivity index (χ4n) is 2.71. The van der Waals surface area contributed by atoms with Crippen LogP contribution in [0.15, 0.2) is 36.5 Å². The van der Waals surface area contributed by atoms with Gasteiger partial charge in [0.05, 0.1) is 0 Å². The predicted octanol–water partition coefficient (Wildman–Crippen LogP) is 2.02. The summed E-state index contributed by atoms with van der Waals surface area (Å²) in [4.78, 5) is 11.5. The van der Waals surface area contributed by atoms with Gasteiger partial charge in [0.15, 0.2) is 5.82 Å². The quantitative estimate of drug-likeness (QED) is 0.925. The van der Waals surface area contributed by atoms with E-state index in [1.54, 1.807) is 0 Å². The summed E-state index contributed by atoms with van der Waals surface area (Å²) in [7, 11) is 2.16. The SMILES string of the molecule is CN1CCC(c2ccnc(-c3ccc(CN)cc3)n2)C1. The Morgan fingerprint density at radius 2 is 2.05 bits per heavy atom. The van der Waals surface area contributed by atoms with E-state index in [4.69, 9.17) is 10.7 Å². The third-order valence-electron chi connectivity index (χ3n) is 3.93. The molecule has 1 unspecified atom stereocenters. The molecule has 0 bridgehead atoms. The van der Waals surface area contributed by atoms with Gasteiger partial charge in [-0.3, -0.25) is 0 Å². The number of hydrogen-bond donors (Lipinski definition) is 1. The highest BCUT2D eigenvalue weighted by Crippen LogP contribution is 2.26. The van der Waals surface area contributed by atoms with Crippen molar-refractivity contribution in [1.82, 2.24) is 14.9 Å². The fraction of sp³-hybridized carbons (Fsp3) is 0.375. The number of aromatic nitrogens is 2. The average molecular weight is 268 g/mol. The normalized spacial score (nSPS) is 19.4. The molecule has 4 heteroatoms. The van der Waals surface area contributed by atoms with Crippen LogP contribution in [0.2, 0.25) is 0 Å². The molecular weight excluding hydrogens is 248 g/mol. The third-order valence-corrected chi connectivity index (χ3v) is 3.93. The Labute approximate surface area is 119 Å². The number of hydrogen-bond acceptors (Lipinski definition) is 4. The predicted molar refractivity (Wildman–Crippen MR) is 80.2 cm³/mol. The van der Waals surface area contributed by atoms with Gasteiger partial charge in [-0.05, 0) is 31.6 Å². The Bertz CT molecular complexity index is 579. The molecule has 0 saturated carbocycles. The minimum absolute atomic E-state index is 0.532. The molecule has 1 atom stereocenters. The molecule has 2 aromatic rings. The standard InChI is InChI=1S/C16H20N4/c1-20-9-7-14(11-20)15-6-8-18-16(19-15)13-4-2-12(10-17)3-5-13/h2-6,8,14H,7,9-11,17H2,1H3. The van der Waals surface area contributed by atoms with Crippen molar-refractivity contribution in [1.29, 1.82) is 0 Å². The van der Waals surface area contributed by atoms with Gasteiger partial charge in [0.25, 0.3) is 0 Å². The summed E-state index contributed by atoms with van der Waals surface area (Å²) in [6.45, 7) is 2.80. The zero-order chi connectivity index (χ0) is 13.9. The zero-order valence-electron chi connectivity index (χ0n) is 11.8. The molecule has 1 aliphatic rings. The van der Waals surface area contributed by atoms with Crippen LogP contribution in [0.5, 0.6) is 0 Å². The van der Waals surface area contributed by atoms with E-state index >= 15 is 0 Å². The summed E-state index contributed by atoms with van der Waals surface area (Å²) >= 11 is 0. The number of nitrogens with zero attached hydrogens (tertiary/aromatic N) is 3. The van der Waals surface area contributed by atoms with E-state index in [0.717, 1.165) is 35.7 Å². The van der Waals surface area contributed by atoms with Crippen molar-refractivity contribution in [3.63, 3.8) is 0 Å². The van der Waals surface area contributed by atoms with Crippen molar-refractivity contribution in [3.8, 4) is 11.4 Å². The van der Waals surface area contributed by atoms with Crippen LogP contribution in [0.4, 0.5) is 0 Å². The summed E-state index contributed by atoms with van der Waals surface area (Å²) in [6.07, 6.45) is 3.05. The van der Waals surface area contributed by atoms with Crippen LogP contribution in [0, 0.1) is 0 Å². The maximum absolute atomic E-state index is 5.62. The van der Waals surface area contributed by atoms with E-state index < -0.39 is 0 Å². The van der Waals surface area contributed by atoms with E-state index in [1.165, 1.54) is 6.42 Å². The molecule has 1 aromatic carbocycles. The van der Waals surface area contributed by atoms with E-state index in [1.807, 2.05) is 36.5 Å². The molecule has 0 amide bonds. The molecule has 0 radical (unpaired) electrons. The number of likely N-dealkylation sites (N-methyl/N-ethyl adjacent to an activating group) is 1. The van der Waals surface area contributed by atoms with Gasteiger partial charge in [-0.25, -0.2) is 9.97 Å². The van der Waals surface area contributed by atoms with Gasteiger partial charge in [0, 0.05) is 36.5 Å². The van der Waals surface area contributed by atoms with Crippen LogP contribution < -0.4 is 5.73 Å². The molecule has 1 aromatic heterocycles. The van der Waals surface area contributed by atoms with Crippen LogP contribution in [0.1, 0.15) is 23.6 Å². The Balaban J connectivity index is 1.86. The Morgan fingerprint density at radius 3 is 2.70 bits per heavy atom. The highest BCUT2D eigenvalue weighted by molar-refractivity contribution is 5.55. The summed E-state index contributed by atoms with van der Waals surface area (Å²) in [5.74, 6) is 1.34. The minimum Gasteiger partial charge on any atom is -0.326 e. The molecule has 2 N–H and O–H groups in total. The van der Waals surface area contributed by atoms with Crippen LogP contribution >= 0.6 is 0 Å². The van der Waals surface area contributed by atoms with Gasteiger partial charge in [-0.1, -0.05) is 24.3 Å². The van der Waals surface area contributed by atoms with Crippen molar-refractivity contribution in [3.05, 3.63) is 47.8 Å². The smallest absolute Gasteiger partial charge is 0.159 e. The van der Waals surface area contributed by atoms with Gasteiger partial charge < -0.3 is 10.6 Å². The minimum atomic E-state index is 0.532. The van der Waals surface area contributed by atoms with Crippen LogP contribution in [-0.2, 0) is 6.54 Å². The molecule has 1 fully saturated rings. The topological polar surface area (TPSA) is 55.0 Å². The van der Waals surface area contributed by atoms with Crippen LogP contribution in [-0.4, -0.2) is 35.0 Å². The van der Waals surface area contributed by atoms with Crippen molar-refractivity contribution in [2.24, 2.45) is 5.73 Å². The van der Waals surface area contributed by atoms with Gasteiger partial charge in [-0.2, -0.15) is 0 Å². The van der Waals surface area contributed by atoms with Crippen LogP contribution in [0.25, 0.3) is 11.4 Å². The first-order valence-corrected chi connectivity index (χ1v) is 7.07. The number of rotatable bonds is 3. The Hall–Kier alpha value is -1.78. The molecule has 20 heavy (non-hydrogen) atoms. The highest BCUT2D eigenvalue weighted by Gasteiger charge is 2.22. The lowest BCUT2D eigenvalue weighted by Crippen LogP contribution is -2.14. The zero-order valence-corrected chi connectivity index (χ0v) is 11.8. The molecule has 4 nitrogen and oxygen atoms in total. The maximum atomic E-state index is 5.62. The van der Waals surface area contributed by atoms with Crippen molar-refractivity contribution < 1.29 is 0 Å². The van der Waals surface area contributed by atoms with Gasteiger partial charge in [0.2, 0.25) is 0 Å². The van der Waals surface area contributed by atoms with E-state index in [2.05, 4.69) is 16.9 Å². The number of benzene rings is 1. The molecule has 1 aliphatic heterocycles. The van der Waals surface area contributed by atoms with E-state index in [0.29, 0.717) is 12.5 Å². The molecule has 1 saturated heterocycles. The van der Waals surface area contributed by atoms with Gasteiger partial charge in [-0.15, -0.1) is 0 Å². The lowest BCUT2D eigenvalue weighted by atomic mass is 10.0. The van der Waals surface area contributed by atoms with E-state index in [-0.39, 0.29) is 0 Å². The summed E-state index contributed by atoms with van der Waals surface area (Å²) < 4.78 is 0. The molecule has 0 spiro atoms. The summed E-state index contributed by atoms with van der Waals surface area (Å²) in [5, 5.41) is 0. The summed E-state index contributed by atoms with van der Waals surface area (Å²) in [6, 6.07) is 10.2. The van der Waals surface area contributed by atoms with Crippen molar-refractivity contribution in [2.45, 2.75) is 18.9 Å². The average Bonchev–Trinajstić information content (AvgIpc) is 2.94. The van der Waals surface area contributed by atoms with Gasteiger partial charge >= 0.3 is 0 Å². The lowest BCUT2D eigenvalue weighted by molar-refractivity contribution is 0.410. The van der Waals surface area contributed by atoms with Crippen LogP contribution in [0.3, 0.4) is 0 Å².